The molecule has 0 aliphatic carbocycles. The van der Waals surface area contributed by atoms with Gasteiger partial charge in [-0.25, -0.2) is 4.57 Å². The molecule has 0 saturated carbocycles. The molecule has 0 amide bonds. The van der Waals surface area contributed by atoms with Crippen LogP contribution in [-0.4, -0.2) is 11.2 Å². The van der Waals surface area contributed by atoms with E-state index in [1.165, 1.54) is 0 Å². The fraction of sp³-hybridized carbons (Fsp3) is 0.217. The maximum atomic E-state index is 13.9. The van der Waals surface area contributed by atoms with Crippen molar-refractivity contribution in [2.75, 3.05) is 6.54 Å². The van der Waals surface area contributed by atoms with Crippen molar-refractivity contribution < 1.29 is 13.6 Å². The van der Waals surface area contributed by atoms with E-state index in [0.717, 1.165) is 16.7 Å². The molecular weight excluding hydrogens is 369 g/mol. The predicted molar refractivity (Wildman–Crippen MR) is 114 cm³/mol. The fourth-order valence-electron chi connectivity index (χ4n) is 2.76. The molecule has 0 atom stereocenters. The number of hydrogen-bond acceptors (Lipinski definition) is 3. The van der Waals surface area contributed by atoms with Crippen LogP contribution in [-0.2, 0) is 11.1 Å². The third-order valence-corrected chi connectivity index (χ3v) is 6.40. The van der Waals surface area contributed by atoms with E-state index in [9.17, 15) is 4.57 Å². The molecule has 4 nitrogen and oxygen atoms in total. The molecule has 0 spiro atoms. The van der Waals surface area contributed by atoms with E-state index in [0.29, 0.717) is 24.6 Å². The zero-order valence-corrected chi connectivity index (χ0v) is 17.4. The third-order valence-electron chi connectivity index (χ3n) is 4.40. The Morgan fingerprint density at radius 3 is 1.64 bits per heavy atom. The lowest BCUT2D eigenvalue weighted by Crippen LogP contribution is -2.25. The van der Waals surface area contributed by atoms with E-state index in [2.05, 4.69) is 0 Å². The molecule has 28 heavy (non-hydrogen) atoms. The molecule has 0 bridgehead atoms. The van der Waals surface area contributed by atoms with Gasteiger partial charge in [0.05, 0.1) is 0 Å². The molecular formula is C23H26NO3P. The Morgan fingerprint density at radius 2 is 1.21 bits per heavy atom. The van der Waals surface area contributed by atoms with Crippen LogP contribution in [0.4, 0.5) is 0 Å². The van der Waals surface area contributed by atoms with Gasteiger partial charge in [-0.05, 0) is 43.7 Å². The fourth-order valence-corrected chi connectivity index (χ4v) is 4.49. The van der Waals surface area contributed by atoms with Crippen LogP contribution in [0, 0.1) is 13.8 Å². The van der Waals surface area contributed by atoms with Gasteiger partial charge in [0, 0.05) is 13.1 Å². The molecule has 0 radical (unpaired) electrons. The van der Waals surface area contributed by atoms with Gasteiger partial charge >= 0.3 is 7.75 Å². The van der Waals surface area contributed by atoms with Gasteiger partial charge in [0.2, 0.25) is 0 Å². The highest BCUT2D eigenvalue weighted by atomic mass is 31.2. The summed E-state index contributed by atoms with van der Waals surface area (Å²) >= 11 is 0. The highest BCUT2D eigenvalue weighted by Crippen LogP contribution is 2.52. The van der Waals surface area contributed by atoms with E-state index in [-0.39, 0.29) is 0 Å². The van der Waals surface area contributed by atoms with E-state index < -0.39 is 7.75 Å². The lowest BCUT2D eigenvalue weighted by atomic mass is 10.2. The standard InChI is InChI=1S/C23H26NO3P/c1-4-24(18-21-8-6-5-7-9-21)28(25,26-22-14-10-19(2)11-15-22)27-23-16-12-20(3)13-17-23/h5-17H,4,18H2,1-3H3. The molecule has 3 rings (SSSR count). The molecule has 0 heterocycles. The van der Waals surface area contributed by atoms with Crippen LogP contribution in [0.15, 0.2) is 78.9 Å². The summed E-state index contributed by atoms with van der Waals surface area (Å²) in [7, 11) is -3.64. The molecule has 0 aromatic heterocycles. The largest absolute Gasteiger partial charge is 0.515 e. The Bertz CT molecular complexity index is 873. The topological polar surface area (TPSA) is 38.8 Å². The van der Waals surface area contributed by atoms with Gasteiger partial charge in [0.25, 0.3) is 0 Å². The number of aryl methyl sites for hydroxylation is 2. The maximum absolute atomic E-state index is 13.9. The average Bonchev–Trinajstić information content (AvgIpc) is 2.70. The van der Waals surface area contributed by atoms with E-state index >= 15 is 0 Å². The lowest BCUT2D eigenvalue weighted by molar-refractivity contribution is 0.284. The monoisotopic (exact) mass is 395 g/mol. The summed E-state index contributed by atoms with van der Waals surface area (Å²) in [6.45, 7) is 6.93. The van der Waals surface area contributed by atoms with Crippen molar-refractivity contribution >= 4 is 7.75 Å². The summed E-state index contributed by atoms with van der Waals surface area (Å²) in [5.74, 6) is 1.04. The van der Waals surface area contributed by atoms with Gasteiger partial charge in [-0.15, -0.1) is 0 Å². The third kappa shape index (κ3) is 5.25. The van der Waals surface area contributed by atoms with Crippen molar-refractivity contribution in [2.45, 2.75) is 27.3 Å². The quantitative estimate of drug-likeness (QED) is 0.414. The maximum Gasteiger partial charge on any atom is 0.515 e. The SMILES string of the molecule is CCN(Cc1ccccc1)P(=O)(Oc1ccc(C)cc1)Oc1ccc(C)cc1. The van der Waals surface area contributed by atoms with Gasteiger partial charge in [-0.3, -0.25) is 0 Å². The zero-order chi connectivity index (χ0) is 20.0. The second-order valence-electron chi connectivity index (χ2n) is 6.74. The van der Waals surface area contributed by atoms with Crippen molar-refractivity contribution in [3.05, 3.63) is 95.6 Å². The molecule has 0 aliphatic heterocycles. The van der Waals surface area contributed by atoms with Gasteiger partial charge in [0.15, 0.2) is 0 Å². The average molecular weight is 395 g/mol. The van der Waals surface area contributed by atoms with Gasteiger partial charge < -0.3 is 9.05 Å². The summed E-state index contributed by atoms with van der Waals surface area (Å²) in [4.78, 5) is 0. The molecule has 0 unspecified atom stereocenters. The lowest BCUT2D eigenvalue weighted by Gasteiger charge is -2.29. The van der Waals surface area contributed by atoms with E-state index in [4.69, 9.17) is 9.05 Å². The van der Waals surface area contributed by atoms with Crippen molar-refractivity contribution in [2.24, 2.45) is 0 Å². The molecule has 0 saturated heterocycles. The van der Waals surface area contributed by atoms with Gasteiger partial charge in [0.1, 0.15) is 11.5 Å². The predicted octanol–water partition coefficient (Wildman–Crippen LogP) is 6.39. The van der Waals surface area contributed by atoms with Crippen LogP contribution >= 0.6 is 7.75 Å². The van der Waals surface area contributed by atoms with Crippen molar-refractivity contribution in [3.63, 3.8) is 0 Å². The minimum atomic E-state index is -3.64. The first-order valence-corrected chi connectivity index (χ1v) is 10.9. The summed E-state index contributed by atoms with van der Waals surface area (Å²) in [5, 5.41) is 0. The van der Waals surface area contributed by atoms with Gasteiger partial charge in [-0.2, -0.15) is 4.67 Å². The number of rotatable bonds is 8. The molecule has 3 aromatic rings. The summed E-state index contributed by atoms with van der Waals surface area (Å²) in [6.07, 6.45) is 0. The molecule has 0 N–H and O–H groups in total. The number of benzene rings is 3. The zero-order valence-electron chi connectivity index (χ0n) is 16.5. The Morgan fingerprint density at radius 1 is 0.750 bits per heavy atom. The molecule has 3 aromatic carbocycles. The minimum absolute atomic E-state index is 0.465. The van der Waals surface area contributed by atoms with Crippen LogP contribution in [0.2, 0.25) is 0 Å². The highest BCUT2D eigenvalue weighted by molar-refractivity contribution is 7.52. The molecule has 5 heteroatoms. The first kappa shape index (κ1) is 20.2. The van der Waals surface area contributed by atoms with Gasteiger partial charge in [-0.1, -0.05) is 72.6 Å². The number of hydrogen-bond donors (Lipinski definition) is 0. The van der Waals surface area contributed by atoms with Crippen LogP contribution in [0.3, 0.4) is 0 Å². The second kappa shape index (κ2) is 9.09. The molecule has 146 valence electrons. The highest BCUT2D eigenvalue weighted by Gasteiger charge is 2.36. The van der Waals surface area contributed by atoms with Crippen LogP contribution in [0.5, 0.6) is 11.5 Å². The second-order valence-corrected chi connectivity index (χ2v) is 8.61. The van der Waals surface area contributed by atoms with E-state index in [1.54, 1.807) is 4.67 Å². The Labute approximate surface area is 167 Å². The van der Waals surface area contributed by atoms with Crippen LogP contribution < -0.4 is 9.05 Å². The normalized spacial score (nSPS) is 11.4. The van der Waals surface area contributed by atoms with Crippen LogP contribution in [0.25, 0.3) is 0 Å². The van der Waals surface area contributed by atoms with Crippen molar-refractivity contribution in [1.82, 2.24) is 4.67 Å². The molecule has 0 aliphatic rings. The van der Waals surface area contributed by atoms with Crippen molar-refractivity contribution in [1.29, 1.82) is 0 Å². The summed E-state index contributed by atoms with van der Waals surface area (Å²) in [6, 6.07) is 24.9. The minimum Gasteiger partial charge on any atom is -0.404 e. The van der Waals surface area contributed by atoms with Crippen LogP contribution in [0.1, 0.15) is 23.6 Å². The number of nitrogens with zero attached hydrogens (tertiary/aromatic N) is 1. The summed E-state index contributed by atoms with van der Waals surface area (Å²) in [5.41, 5.74) is 3.26. The summed E-state index contributed by atoms with van der Waals surface area (Å²) < 4.78 is 27.6. The Balaban J connectivity index is 1.92. The Hall–Kier alpha value is -2.55. The van der Waals surface area contributed by atoms with Crippen molar-refractivity contribution in [3.8, 4) is 11.5 Å². The molecule has 0 fully saturated rings. The smallest absolute Gasteiger partial charge is 0.404 e. The van der Waals surface area contributed by atoms with E-state index in [1.807, 2.05) is 99.6 Å². The Kier molecular flexibility index (Phi) is 6.56. The first-order valence-electron chi connectivity index (χ1n) is 9.40. The first-order chi connectivity index (χ1) is 13.5.